The lowest BCUT2D eigenvalue weighted by Crippen LogP contribution is -2.54. The molecule has 0 aliphatic carbocycles. The Morgan fingerprint density at radius 3 is 2.56 bits per heavy atom. The van der Waals surface area contributed by atoms with Crippen molar-refractivity contribution in [2.75, 3.05) is 5.32 Å². The van der Waals surface area contributed by atoms with E-state index in [4.69, 9.17) is 9.15 Å². The van der Waals surface area contributed by atoms with Crippen LogP contribution in [0.25, 0.3) is 22.3 Å². The van der Waals surface area contributed by atoms with Crippen LogP contribution in [0.5, 0.6) is 23.1 Å². The summed E-state index contributed by atoms with van der Waals surface area (Å²) in [5.74, 6) is -3.90. The van der Waals surface area contributed by atoms with Crippen LogP contribution in [0.1, 0.15) is 59.2 Å². The number of piperidine rings is 1. The van der Waals surface area contributed by atoms with Crippen LogP contribution >= 0.6 is 0 Å². The number of carbonyl (C=O) groups excluding carboxylic acids is 5. The molecule has 1 atom stereocenters. The molecule has 2 aliphatic rings. The minimum absolute atomic E-state index is 0.00189. The molecule has 1 unspecified atom stereocenters. The van der Waals surface area contributed by atoms with E-state index in [1.807, 2.05) is 6.07 Å². The zero-order chi connectivity index (χ0) is 36.5. The molecule has 4 heterocycles. The predicted octanol–water partition coefficient (Wildman–Crippen LogP) is 3.86. The maximum Gasteiger partial charge on any atom is 0.264 e. The van der Waals surface area contributed by atoms with Crippen molar-refractivity contribution in [3.63, 3.8) is 0 Å². The van der Waals surface area contributed by atoms with Gasteiger partial charge in [-0.3, -0.25) is 39.0 Å². The molecule has 0 bridgehead atoms. The van der Waals surface area contributed by atoms with E-state index in [0.29, 0.717) is 31.4 Å². The molecule has 0 radical (unpaired) electrons. The standard InChI is InChI=1S/C36H30N6O10/c43-23-16-25(45)32(33-31(23)24(44)17-26(51-33)19-8-3-1-4-9-19)52-29-18-41(40-39-29)15-6-2-5-12-27(46)37-21-11-7-10-20-30(21)36(50)42(35(20)49)22-13-14-28(47)38-34(22)48/h1,3-4,7-11,16-18,22,43,45H,2,5-6,12-15H2,(H,37,46)(H,38,47,48). The summed E-state index contributed by atoms with van der Waals surface area (Å²) in [6.45, 7) is 0.409. The molecule has 16 heteroatoms. The minimum Gasteiger partial charge on any atom is -0.507 e. The Labute approximate surface area is 293 Å². The van der Waals surface area contributed by atoms with E-state index >= 15 is 0 Å². The molecule has 1 fully saturated rings. The molecule has 3 aromatic carbocycles. The molecular weight excluding hydrogens is 676 g/mol. The highest BCUT2D eigenvalue weighted by Crippen LogP contribution is 2.42. The number of aromatic hydroxyl groups is 2. The summed E-state index contributed by atoms with van der Waals surface area (Å²) in [6.07, 6.45) is 3.34. The van der Waals surface area contributed by atoms with Crippen LogP contribution in [0.4, 0.5) is 5.69 Å². The van der Waals surface area contributed by atoms with Gasteiger partial charge in [-0.2, -0.15) is 0 Å². The van der Waals surface area contributed by atoms with Crippen LogP contribution in [0.3, 0.4) is 0 Å². The molecule has 1 saturated heterocycles. The van der Waals surface area contributed by atoms with E-state index in [-0.39, 0.29) is 70.3 Å². The number of hydrogen-bond acceptors (Lipinski definition) is 12. The second kappa shape index (κ2) is 13.8. The number of aryl methyl sites for hydroxylation is 1. The number of unbranched alkanes of at least 4 members (excludes halogenated alkanes) is 2. The van der Waals surface area contributed by atoms with Crippen molar-refractivity contribution in [2.45, 2.75) is 51.1 Å². The molecule has 264 valence electrons. The summed E-state index contributed by atoms with van der Waals surface area (Å²) in [5, 5.41) is 33.7. The lowest BCUT2D eigenvalue weighted by atomic mass is 10.0. The fourth-order valence-corrected chi connectivity index (χ4v) is 6.23. The Kier molecular flexibility index (Phi) is 8.94. The summed E-state index contributed by atoms with van der Waals surface area (Å²) in [7, 11) is 0. The van der Waals surface area contributed by atoms with Crippen LogP contribution < -0.4 is 20.8 Å². The highest BCUT2D eigenvalue weighted by atomic mass is 16.5. The number of aromatic nitrogens is 3. The fraction of sp³-hybridized carbons (Fsp3) is 0.222. The van der Waals surface area contributed by atoms with Crippen molar-refractivity contribution in [1.29, 1.82) is 0 Å². The Bertz CT molecular complexity index is 2330. The van der Waals surface area contributed by atoms with Gasteiger partial charge in [0.2, 0.25) is 23.5 Å². The first-order valence-corrected chi connectivity index (χ1v) is 16.4. The number of amides is 5. The number of nitrogens with zero attached hydrogens (tertiary/aromatic N) is 4. The lowest BCUT2D eigenvalue weighted by Gasteiger charge is -2.27. The zero-order valence-electron chi connectivity index (χ0n) is 27.3. The van der Waals surface area contributed by atoms with Crippen molar-refractivity contribution in [1.82, 2.24) is 25.2 Å². The number of fused-ring (bicyclic) bond motifs is 2. The lowest BCUT2D eigenvalue weighted by molar-refractivity contribution is -0.136. The zero-order valence-corrected chi connectivity index (χ0v) is 27.3. The third kappa shape index (κ3) is 6.44. The maximum atomic E-state index is 13.3. The smallest absolute Gasteiger partial charge is 0.264 e. The third-order valence-electron chi connectivity index (χ3n) is 8.73. The van der Waals surface area contributed by atoms with Gasteiger partial charge in [0.05, 0.1) is 23.0 Å². The number of ether oxygens (including phenoxy) is 1. The average molecular weight is 707 g/mol. The van der Waals surface area contributed by atoms with E-state index in [0.717, 1.165) is 11.0 Å². The molecule has 0 spiro atoms. The summed E-state index contributed by atoms with van der Waals surface area (Å²) in [6, 6.07) is 14.4. The third-order valence-corrected chi connectivity index (χ3v) is 8.73. The highest BCUT2D eigenvalue weighted by Gasteiger charge is 2.45. The van der Waals surface area contributed by atoms with Gasteiger partial charge in [0.25, 0.3) is 17.7 Å². The minimum atomic E-state index is -1.11. The second-order valence-corrected chi connectivity index (χ2v) is 12.2. The van der Waals surface area contributed by atoms with Gasteiger partial charge in [-0.25, -0.2) is 4.68 Å². The molecule has 2 aliphatic heterocycles. The predicted molar refractivity (Wildman–Crippen MR) is 182 cm³/mol. The molecule has 52 heavy (non-hydrogen) atoms. The number of carbonyl (C=O) groups is 5. The Morgan fingerprint density at radius 1 is 0.962 bits per heavy atom. The number of phenols is 2. The number of hydrogen-bond donors (Lipinski definition) is 4. The van der Waals surface area contributed by atoms with Crippen LogP contribution in [0.15, 0.2) is 76.1 Å². The van der Waals surface area contributed by atoms with E-state index in [9.17, 15) is 39.0 Å². The molecule has 5 aromatic rings. The molecular formula is C36H30N6O10. The molecule has 4 N–H and O–H groups in total. The topological polar surface area (TPSA) is 223 Å². The van der Waals surface area contributed by atoms with E-state index < -0.39 is 46.6 Å². The first kappa shape index (κ1) is 33.6. The summed E-state index contributed by atoms with van der Waals surface area (Å²) < 4.78 is 13.2. The van der Waals surface area contributed by atoms with Gasteiger partial charge in [0.15, 0.2) is 16.8 Å². The molecule has 16 nitrogen and oxygen atoms in total. The summed E-state index contributed by atoms with van der Waals surface area (Å²) >= 11 is 0. The van der Waals surface area contributed by atoms with Crippen molar-refractivity contribution in [3.05, 3.63) is 88.2 Å². The van der Waals surface area contributed by atoms with Crippen molar-refractivity contribution in [2.24, 2.45) is 0 Å². The number of phenolic OH excluding ortho intramolecular Hbond substituents is 2. The average Bonchev–Trinajstić information content (AvgIpc) is 3.67. The quantitative estimate of drug-likeness (QED) is 0.114. The molecule has 7 rings (SSSR count). The SMILES string of the molecule is O=C1CCC(N2C(=O)c3cccc(NC(=O)CCCCCn4cc(Oc5c(O)cc(O)c6c(=O)cc(-c7ccccc7)oc56)nn4)c3C2=O)C(=O)N1. The monoisotopic (exact) mass is 706 g/mol. The van der Waals surface area contributed by atoms with Crippen molar-refractivity contribution < 1.29 is 43.3 Å². The van der Waals surface area contributed by atoms with Gasteiger partial charge >= 0.3 is 0 Å². The first-order valence-electron chi connectivity index (χ1n) is 16.4. The van der Waals surface area contributed by atoms with Gasteiger partial charge in [-0.05, 0) is 31.4 Å². The van der Waals surface area contributed by atoms with E-state index in [2.05, 4.69) is 20.9 Å². The van der Waals surface area contributed by atoms with Gasteiger partial charge in [0, 0.05) is 37.1 Å². The Balaban J connectivity index is 0.941. The normalized spacial score (nSPS) is 15.5. The second-order valence-electron chi connectivity index (χ2n) is 12.2. The molecule has 5 amide bonds. The number of rotatable bonds is 11. The van der Waals surface area contributed by atoms with Gasteiger partial charge in [-0.1, -0.05) is 53.1 Å². The molecule has 0 saturated carbocycles. The largest absolute Gasteiger partial charge is 0.507 e. The van der Waals surface area contributed by atoms with Crippen molar-refractivity contribution in [3.8, 4) is 34.5 Å². The number of nitrogens with one attached hydrogen (secondary N) is 2. The highest BCUT2D eigenvalue weighted by molar-refractivity contribution is 6.26. The van der Waals surface area contributed by atoms with Crippen LogP contribution in [0, 0.1) is 0 Å². The van der Waals surface area contributed by atoms with Crippen LogP contribution in [0.2, 0.25) is 0 Å². The number of anilines is 1. The van der Waals surface area contributed by atoms with Gasteiger partial charge in [-0.15, -0.1) is 0 Å². The first-order chi connectivity index (χ1) is 25.1. The van der Waals surface area contributed by atoms with Crippen LogP contribution in [-0.2, 0) is 20.9 Å². The van der Waals surface area contributed by atoms with Gasteiger partial charge < -0.3 is 24.7 Å². The van der Waals surface area contributed by atoms with Gasteiger partial charge in [0.1, 0.15) is 22.9 Å². The van der Waals surface area contributed by atoms with Crippen LogP contribution in [-0.4, -0.2) is 65.7 Å². The Morgan fingerprint density at radius 2 is 1.77 bits per heavy atom. The van der Waals surface area contributed by atoms with E-state index in [1.54, 1.807) is 24.3 Å². The molecule has 2 aromatic heterocycles. The summed E-state index contributed by atoms with van der Waals surface area (Å²) in [5.41, 5.74) is 0.134. The maximum absolute atomic E-state index is 13.3. The summed E-state index contributed by atoms with van der Waals surface area (Å²) in [4.78, 5) is 76.8. The van der Waals surface area contributed by atoms with Crippen molar-refractivity contribution >= 4 is 46.2 Å². The fourth-order valence-electron chi connectivity index (χ4n) is 6.23. The number of imide groups is 2. The Hall–Kier alpha value is -6.84. The van der Waals surface area contributed by atoms with E-state index in [1.165, 1.54) is 35.1 Å². The number of benzene rings is 3.